The Balaban J connectivity index is 1.66. The molecule has 0 aliphatic heterocycles. The summed E-state index contributed by atoms with van der Waals surface area (Å²) >= 11 is 6.01. The van der Waals surface area contributed by atoms with Gasteiger partial charge in [-0.1, -0.05) is 11.6 Å². The predicted octanol–water partition coefficient (Wildman–Crippen LogP) is 3.21. The van der Waals surface area contributed by atoms with E-state index in [0.29, 0.717) is 22.8 Å². The summed E-state index contributed by atoms with van der Waals surface area (Å²) in [6.07, 6.45) is 4.47. The van der Waals surface area contributed by atoms with Crippen LogP contribution in [0.15, 0.2) is 42.7 Å². The van der Waals surface area contributed by atoms with E-state index in [1.807, 2.05) is 42.1 Å². The van der Waals surface area contributed by atoms with Crippen LogP contribution >= 0.6 is 11.6 Å². The number of pyridine rings is 1. The van der Waals surface area contributed by atoms with Gasteiger partial charge in [0, 0.05) is 35.9 Å². The van der Waals surface area contributed by atoms with Crippen molar-refractivity contribution in [2.24, 2.45) is 0 Å². The van der Waals surface area contributed by atoms with Crippen LogP contribution < -0.4 is 5.32 Å². The molecule has 2 aromatic heterocycles. The fraction of sp³-hybridized carbons (Fsp3) is 0.235. The van der Waals surface area contributed by atoms with Gasteiger partial charge in [0.15, 0.2) is 0 Å². The number of amides is 1. The topological polar surface area (TPSA) is 59.8 Å². The van der Waals surface area contributed by atoms with E-state index in [1.54, 1.807) is 12.3 Å². The molecular formula is C17H17ClN4O. The third-order valence-electron chi connectivity index (χ3n) is 3.62. The summed E-state index contributed by atoms with van der Waals surface area (Å²) in [5.41, 5.74) is 2.13. The van der Waals surface area contributed by atoms with Crippen LogP contribution in [0.25, 0.3) is 10.9 Å². The average Bonchev–Trinajstić information content (AvgIpc) is 3.04. The number of aryl methyl sites for hydroxylation is 2. The SMILES string of the molecule is Cc1nc2ccc(Cl)cc2cc1C(=O)NCCCn1cccn1. The minimum atomic E-state index is -0.114. The Bertz CT molecular complexity index is 830. The molecule has 3 rings (SSSR count). The van der Waals surface area contributed by atoms with Crippen molar-refractivity contribution in [2.75, 3.05) is 6.54 Å². The van der Waals surface area contributed by atoms with Gasteiger partial charge in [-0.3, -0.25) is 14.5 Å². The van der Waals surface area contributed by atoms with Gasteiger partial charge in [0.2, 0.25) is 0 Å². The largest absolute Gasteiger partial charge is 0.352 e. The highest BCUT2D eigenvalue weighted by atomic mass is 35.5. The Hall–Kier alpha value is -2.40. The standard InChI is InChI=1S/C17H17ClN4O/c1-12-15(11-13-10-14(18)4-5-16(13)21-12)17(23)19-6-2-8-22-9-3-7-20-22/h3-5,7,9-11H,2,6,8H2,1H3,(H,19,23). The lowest BCUT2D eigenvalue weighted by atomic mass is 10.1. The summed E-state index contributed by atoms with van der Waals surface area (Å²) in [7, 11) is 0. The van der Waals surface area contributed by atoms with Gasteiger partial charge in [0.1, 0.15) is 0 Å². The third-order valence-corrected chi connectivity index (χ3v) is 3.86. The maximum absolute atomic E-state index is 12.3. The zero-order valence-electron chi connectivity index (χ0n) is 12.8. The van der Waals surface area contributed by atoms with Crippen LogP contribution in [0.4, 0.5) is 0 Å². The molecule has 0 unspecified atom stereocenters. The normalized spacial score (nSPS) is 10.9. The summed E-state index contributed by atoms with van der Waals surface area (Å²) in [6.45, 7) is 3.20. The van der Waals surface area contributed by atoms with E-state index < -0.39 is 0 Å². The Labute approximate surface area is 139 Å². The minimum Gasteiger partial charge on any atom is -0.352 e. The van der Waals surface area contributed by atoms with Crippen molar-refractivity contribution in [2.45, 2.75) is 19.9 Å². The van der Waals surface area contributed by atoms with Crippen LogP contribution in [-0.2, 0) is 6.54 Å². The van der Waals surface area contributed by atoms with Crippen LogP contribution in [0.2, 0.25) is 5.02 Å². The Morgan fingerprint density at radius 1 is 1.35 bits per heavy atom. The smallest absolute Gasteiger partial charge is 0.253 e. The molecule has 0 bridgehead atoms. The summed E-state index contributed by atoms with van der Waals surface area (Å²) in [6, 6.07) is 9.19. The van der Waals surface area contributed by atoms with Gasteiger partial charge in [0.25, 0.3) is 5.91 Å². The zero-order chi connectivity index (χ0) is 16.2. The molecule has 0 saturated carbocycles. The van der Waals surface area contributed by atoms with E-state index in [9.17, 15) is 4.79 Å². The maximum Gasteiger partial charge on any atom is 0.253 e. The Morgan fingerprint density at radius 2 is 2.22 bits per heavy atom. The van der Waals surface area contributed by atoms with Gasteiger partial charge in [-0.05, 0) is 43.7 Å². The maximum atomic E-state index is 12.3. The Kier molecular flexibility index (Phi) is 4.57. The van der Waals surface area contributed by atoms with Crippen molar-refractivity contribution < 1.29 is 4.79 Å². The fourth-order valence-electron chi connectivity index (χ4n) is 2.44. The van der Waals surface area contributed by atoms with Crippen LogP contribution in [0, 0.1) is 6.92 Å². The molecule has 0 saturated heterocycles. The van der Waals surface area contributed by atoms with Gasteiger partial charge in [0.05, 0.1) is 16.8 Å². The second-order valence-electron chi connectivity index (χ2n) is 5.34. The fourth-order valence-corrected chi connectivity index (χ4v) is 2.62. The summed E-state index contributed by atoms with van der Waals surface area (Å²) in [4.78, 5) is 16.8. The molecule has 0 radical (unpaired) electrons. The molecule has 23 heavy (non-hydrogen) atoms. The van der Waals surface area contributed by atoms with Crippen molar-refractivity contribution in [3.63, 3.8) is 0 Å². The highest BCUT2D eigenvalue weighted by molar-refractivity contribution is 6.31. The van der Waals surface area contributed by atoms with E-state index in [0.717, 1.165) is 23.9 Å². The molecule has 0 atom stereocenters. The Morgan fingerprint density at radius 3 is 3.00 bits per heavy atom. The van der Waals surface area contributed by atoms with E-state index in [-0.39, 0.29) is 5.91 Å². The second-order valence-corrected chi connectivity index (χ2v) is 5.77. The number of fused-ring (bicyclic) bond motifs is 1. The van der Waals surface area contributed by atoms with Crippen LogP contribution in [-0.4, -0.2) is 27.2 Å². The first-order chi connectivity index (χ1) is 11.1. The molecule has 118 valence electrons. The van der Waals surface area contributed by atoms with E-state index in [1.165, 1.54) is 0 Å². The van der Waals surface area contributed by atoms with Crippen LogP contribution in [0.1, 0.15) is 22.5 Å². The first-order valence-electron chi connectivity index (χ1n) is 7.46. The molecular weight excluding hydrogens is 312 g/mol. The molecule has 0 aliphatic carbocycles. The molecule has 6 heteroatoms. The lowest BCUT2D eigenvalue weighted by Gasteiger charge is -2.09. The van der Waals surface area contributed by atoms with E-state index in [4.69, 9.17) is 11.6 Å². The zero-order valence-corrected chi connectivity index (χ0v) is 13.5. The quantitative estimate of drug-likeness (QED) is 0.732. The monoisotopic (exact) mass is 328 g/mol. The summed E-state index contributed by atoms with van der Waals surface area (Å²) in [5.74, 6) is -0.114. The van der Waals surface area contributed by atoms with Crippen LogP contribution in [0.5, 0.6) is 0 Å². The number of hydrogen-bond acceptors (Lipinski definition) is 3. The molecule has 5 nitrogen and oxygen atoms in total. The van der Waals surface area contributed by atoms with Gasteiger partial charge < -0.3 is 5.32 Å². The molecule has 0 aliphatic rings. The summed E-state index contributed by atoms with van der Waals surface area (Å²) < 4.78 is 1.84. The number of halogens is 1. The number of nitrogens with zero attached hydrogens (tertiary/aromatic N) is 3. The number of carbonyl (C=O) groups excluding carboxylic acids is 1. The van der Waals surface area contributed by atoms with E-state index in [2.05, 4.69) is 15.4 Å². The molecule has 1 N–H and O–H groups in total. The number of rotatable bonds is 5. The van der Waals surface area contributed by atoms with Crippen molar-refractivity contribution in [1.82, 2.24) is 20.1 Å². The lowest BCUT2D eigenvalue weighted by Crippen LogP contribution is -2.26. The summed E-state index contributed by atoms with van der Waals surface area (Å²) in [5, 5.41) is 8.56. The van der Waals surface area contributed by atoms with Gasteiger partial charge in [-0.2, -0.15) is 5.10 Å². The van der Waals surface area contributed by atoms with Crippen molar-refractivity contribution in [3.05, 3.63) is 59.0 Å². The second kappa shape index (κ2) is 6.79. The molecule has 2 heterocycles. The van der Waals surface area contributed by atoms with Crippen molar-refractivity contribution in [1.29, 1.82) is 0 Å². The van der Waals surface area contributed by atoms with Crippen molar-refractivity contribution >= 4 is 28.4 Å². The number of carbonyl (C=O) groups is 1. The molecule has 0 fully saturated rings. The number of hydrogen-bond donors (Lipinski definition) is 1. The molecule has 0 spiro atoms. The lowest BCUT2D eigenvalue weighted by molar-refractivity contribution is 0.0951. The van der Waals surface area contributed by atoms with Crippen molar-refractivity contribution in [3.8, 4) is 0 Å². The number of aromatic nitrogens is 3. The van der Waals surface area contributed by atoms with Gasteiger partial charge in [-0.25, -0.2) is 0 Å². The molecule has 3 aromatic rings. The first-order valence-corrected chi connectivity index (χ1v) is 7.84. The highest BCUT2D eigenvalue weighted by Gasteiger charge is 2.11. The number of benzene rings is 1. The van der Waals surface area contributed by atoms with Crippen LogP contribution in [0.3, 0.4) is 0 Å². The van der Waals surface area contributed by atoms with E-state index >= 15 is 0 Å². The van der Waals surface area contributed by atoms with Gasteiger partial charge >= 0.3 is 0 Å². The minimum absolute atomic E-state index is 0.114. The predicted molar refractivity (Wildman–Crippen MR) is 90.7 cm³/mol. The molecule has 1 amide bonds. The highest BCUT2D eigenvalue weighted by Crippen LogP contribution is 2.20. The third kappa shape index (κ3) is 3.68. The number of nitrogens with one attached hydrogen (secondary N) is 1. The average molecular weight is 329 g/mol. The van der Waals surface area contributed by atoms with Gasteiger partial charge in [-0.15, -0.1) is 0 Å². The first kappa shape index (κ1) is 15.5. The molecule has 1 aromatic carbocycles.